The lowest BCUT2D eigenvalue weighted by Gasteiger charge is -2.11. The number of fused-ring (bicyclic) bond motifs is 1. The van der Waals surface area contributed by atoms with E-state index in [9.17, 15) is 4.79 Å². The van der Waals surface area contributed by atoms with Gasteiger partial charge in [0, 0.05) is 22.5 Å². The van der Waals surface area contributed by atoms with Crippen molar-refractivity contribution in [1.29, 1.82) is 0 Å². The third kappa shape index (κ3) is 4.06. The van der Waals surface area contributed by atoms with Crippen molar-refractivity contribution in [2.24, 2.45) is 0 Å². The molecule has 1 aromatic heterocycles. The van der Waals surface area contributed by atoms with Gasteiger partial charge in [-0.2, -0.15) is 0 Å². The van der Waals surface area contributed by atoms with Crippen LogP contribution in [0.4, 0.5) is 0 Å². The first-order valence-electron chi connectivity index (χ1n) is 10.0. The average molecular weight is 445 g/mol. The van der Waals surface area contributed by atoms with E-state index < -0.39 is 5.91 Å². The topological polar surface area (TPSA) is 62.2 Å². The molecule has 0 atom stereocenters. The molecular formula is C25H20N2O2S2. The number of thioether (sulfide) groups is 2. The number of para-hydroxylation sites is 1. The van der Waals surface area contributed by atoms with Crippen molar-refractivity contribution >= 4 is 40.3 Å². The first kappa shape index (κ1) is 20.1. The number of amides is 1. The van der Waals surface area contributed by atoms with Crippen molar-refractivity contribution in [1.82, 2.24) is 10.5 Å². The lowest BCUT2D eigenvalue weighted by atomic mass is 10.00. The molecule has 0 bridgehead atoms. The smallest absolute Gasteiger partial charge is 0.275 e. The number of hydroxylamine groups is 1. The van der Waals surface area contributed by atoms with Gasteiger partial charge in [-0.15, -0.1) is 23.5 Å². The van der Waals surface area contributed by atoms with Gasteiger partial charge in [0.25, 0.3) is 5.91 Å². The Morgan fingerprint density at radius 3 is 2.16 bits per heavy atom. The molecule has 5 rings (SSSR count). The monoisotopic (exact) mass is 444 g/mol. The maximum absolute atomic E-state index is 12.2. The highest BCUT2D eigenvalue weighted by atomic mass is 32.2. The van der Waals surface area contributed by atoms with Gasteiger partial charge in [0.15, 0.2) is 0 Å². The number of carbonyl (C=O) groups excluding carboxylic acids is 1. The standard InChI is InChI=1S/C25H20N2O2S2/c28-24(27-29)21-15-23(26-22-4-2-1-3-20(21)22)18-9-5-16(6-10-18)17-7-11-19(12-8-17)25-30-13-14-31-25/h1-12,15,25,29H,13-14H2,(H,27,28). The third-order valence-corrected chi connectivity index (χ3v) is 8.49. The molecule has 2 heterocycles. The van der Waals surface area contributed by atoms with Gasteiger partial charge >= 0.3 is 0 Å². The number of pyridine rings is 1. The molecule has 4 nitrogen and oxygen atoms in total. The zero-order valence-electron chi connectivity index (χ0n) is 16.6. The number of hydrogen-bond donors (Lipinski definition) is 2. The van der Waals surface area contributed by atoms with Crippen LogP contribution in [0.25, 0.3) is 33.3 Å². The van der Waals surface area contributed by atoms with Crippen molar-refractivity contribution < 1.29 is 10.0 Å². The van der Waals surface area contributed by atoms with Crippen molar-refractivity contribution in [2.75, 3.05) is 11.5 Å². The van der Waals surface area contributed by atoms with Crippen molar-refractivity contribution in [3.05, 3.63) is 90.0 Å². The van der Waals surface area contributed by atoms with E-state index in [4.69, 9.17) is 10.2 Å². The Labute approximate surface area is 189 Å². The molecule has 31 heavy (non-hydrogen) atoms. The summed E-state index contributed by atoms with van der Waals surface area (Å²) in [4.78, 5) is 16.9. The maximum atomic E-state index is 12.2. The van der Waals surface area contributed by atoms with E-state index >= 15 is 0 Å². The SMILES string of the molecule is O=C(NO)c1cc(-c2ccc(-c3ccc(C4SCCS4)cc3)cc2)nc2ccccc12. The Hall–Kier alpha value is -2.80. The minimum Gasteiger partial charge on any atom is -0.288 e. The fourth-order valence-electron chi connectivity index (χ4n) is 3.79. The van der Waals surface area contributed by atoms with Gasteiger partial charge in [-0.25, -0.2) is 10.5 Å². The molecule has 1 saturated heterocycles. The van der Waals surface area contributed by atoms with Crippen LogP contribution in [0, 0.1) is 0 Å². The molecule has 1 amide bonds. The number of aromatic nitrogens is 1. The number of benzene rings is 3. The van der Waals surface area contributed by atoms with Crippen molar-refractivity contribution in [3.8, 4) is 22.4 Å². The van der Waals surface area contributed by atoms with Crippen LogP contribution in [0.1, 0.15) is 20.5 Å². The molecule has 2 N–H and O–H groups in total. The van der Waals surface area contributed by atoms with E-state index in [0.717, 1.165) is 11.1 Å². The van der Waals surface area contributed by atoms with Gasteiger partial charge in [-0.3, -0.25) is 10.0 Å². The van der Waals surface area contributed by atoms with Gasteiger partial charge in [0.2, 0.25) is 0 Å². The van der Waals surface area contributed by atoms with Gasteiger partial charge < -0.3 is 0 Å². The number of nitrogens with one attached hydrogen (secondary N) is 1. The predicted octanol–water partition coefficient (Wildman–Crippen LogP) is 6.17. The van der Waals surface area contributed by atoms with Crippen LogP contribution < -0.4 is 5.48 Å². The predicted molar refractivity (Wildman–Crippen MR) is 130 cm³/mol. The lowest BCUT2D eigenvalue weighted by molar-refractivity contribution is 0.0708. The Balaban J connectivity index is 1.46. The van der Waals surface area contributed by atoms with E-state index in [2.05, 4.69) is 36.4 Å². The van der Waals surface area contributed by atoms with Crippen LogP contribution in [-0.2, 0) is 0 Å². The van der Waals surface area contributed by atoms with E-state index in [1.165, 1.54) is 22.6 Å². The molecule has 0 saturated carbocycles. The highest BCUT2D eigenvalue weighted by Crippen LogP contribution is 2.45. The molecule has 6 heteroatoms. The second-order valence-electron chi connectivity index (χ2n) is 7.29. The zero-order chi connectivity index (χ0) is 21.2. The maximum Gasteiger partial charge on any atom is 0.275 e. The van der Waals surface area contributed by atoms with Gasteiger partial charge in [-0.05, 0) is 28.8 Å². The molecule has 1 aliphatic heterocycles. The van der Waals surface area contributed by atoms with Crippen molar-refractivity contribution in [3.63, 3.8) is 0 Å². The molecule has 0 radical (unpaired) electrons. The number of nitrogens with zero attached hydrogens (tertiary/aromatic N) is 1. The third-order valence-electron chi connectivity index (χ3n) is 5.38. The Bertz CT molecular complexity index is 1230. The fraction of sp³-hybridized carbons (Fsp3) is 0.120. The van der Waals surface area contributed by atoms with Crippen LogP contribution >= 0.6 is 23.5 Å². The first-order valence-corrected chi connectivity index (χ1v) is 12.1. The van der Waals surface area contributed by atoms with Gasteiger partial charge in [-0.1, -0.05) is 66.7 Å². The van der Waals surface area contributed by atoms with E-state index in [0.29, 0.717) is 26.7 Å². The number of carbonyl (C=O) groups is 1. The van der Waals surface area contributed by atoms with E-state index in [1.54, 1.807) is 11.5 Å². The fourth-order valence-corrected chi connectivity index (χ4v) is 6.65. The van der Waals surface area contributed by atoms with Gasteiger partial charge in [0.05, 0.1) is 21.4 Å². The highest BCUT2D eigenvalue weighted by molar-refractivity contribution is 8.19. The largest absolute Gasteiger partial charge is 0.288 e. The van der Waals surface area contributed by atoms with Crippen LogP contribution in [-0.4, -0.2) is 27.6 Å². The normalized spacial score (nSPS) is 14.1. The molecule has 0 spiro atoms. The quantitative estimate of drug-likeness (QED) is 0.291. The summed E-state index contributed by atoms with van der Waals surface area (Å²) in [7, 11) is 0. The highest BCUT2D eigenvalue weighted by Gasteiger charge is 2.18. The molecule has 154 valence electrons. The van der Waals surface area contributed by atoms with Crippen LogP contribution in [0.2, 0.25) is 0 Å². The Morgan fingerprint density at radius 2 is 1.48 bits per heavy atom. The number of rotatable bonds is 4. The minimum atomic E-state index is -0.546. The summed E-state index contributed by atoms with van der Waals surface area (Å²) < 4.78 is 0.556. The van der Waals surface area contributed by atoms with Gasteiger partial charge in [0.1, 0.15) is 0 Å². The zero-order valence-corrected chi connectivity index (χ0v) is 18.2. The summed E-state index contributed by atoms with van der Waals surface area (Å²) in [5.74, 6) is 1.90. The lowest BCUT2D eigenvalue weighted by Crippen LogP contribution is -2.19. The summed E-state index contributed by atoms with van der Waals surface area (Å²) in [5.41, 5.74) is 8.13. The van der Waals surface area contributed by atoms with Crippen LogP contribution in [0.15, 0.2) is 78.9 Å². The second-order valence-corrected chi connectivity index (χ2v) is 10.0. The number of hydrogen-bond acceptors (Lipinski definition) is 5. The summed E-state index contributed by atoms with van der Waals surface area (Å²) in [6, 6.07) is 26.1. The van der Waals surface area contributed by atoms with Crippen molar-refractivity contribution in [2.45, 2.75) is 4.58 Å². The minimum absolute atomic E-state index is 0.394. The van der Waals surface area contributed by atoms with E-state index in [-0.39, 0.29) is 0 Å². The first-order chi connectivity index (χ1) is 15.2. The average Bonchev–Trinajstić information content (AvgIpc) is 3.38. The molecular weight excluding hydrogens is 424 g/mol. The molecule has 3 aromatic carbocycles. The Morgan fingerprint density at radius 1 is 0.871 bits per heavy atom. The summed E-state index contributed by atoms with van der Waals surface area (Å²) >= 11 is 4.03. The summed E-state index contributed by atoms with van der Waals surface area (Å²) in [6.07, 6.45) is 0. The summed E-state index contributed by atoms with van der Waals surface area (Å²) in [6.45, 7) is 0. The van der Waals surface area contributed by atoms with E-state index in [1.807, 2.05) is 59.9 Å². The Kier molecular flexibility index (Phi) is 5.68. The molecule has 0 unspecified atom stereocenters. The second kappa shape index (κ2) is 8.75. The molecule has 0 aliphatic carbocycles. The van der Waals surface area contributed by atoms with Crippen LogP contribution in [0.5, 0.6) is 0 Å². The molecule has 1 aliphatic rings. The van der Waals surface area contributed by atoms with Crippen LogP contribution in [0.3, 0.4) is 0 Å². The molecule has 1 fully saturated rings. The molecule has 4 aromatic rings. The summed E-state index contributed by atoms with van der Waals surface area (Å²) in [5, 5.41) is 9.84.